The summed E-state index contributed by atoms with van der Waals surface area (Å²) in [6.07, 6.45) is -4.54. The van der Waals surface area contributed by atoms with Crippen LogP contribution in [0.5, 0.6) is 0 Å². The molecule has 6 nitrogen and oxygen atoms in total. The van der Waals surface area contributed by atoms with Gasteiger partial charge in [-0.2, -0.15) is 18.2 Å². The minimum absolute atomic E-state index is 0.0427. The van der Waals surface area contributed by atoms with Gasteiger partial charge in [-0.15, -0.1) is 5.10 Å². The summed E-state index contributed by atoms with van der Waals surface area (Å²) in [5, 5.41) is 7.80. The van der Waals surface area contributed by atoms with Crippen LogP contribution in [0.25, 0.3) is 0 Å². The van der Waals surface area contributed by atoms with Gasteiger partial charge in [-0.25, -0.2) is 0 Å². The van der Waals surface area contributed by atoms with Crippen molar-refractivity contribution in [3.05, 3.63) is 34.6 Å². The van der Waals surface area contributed by atoms with E-state index < -0.39 is 17.6 Å². The van der Waals surface area contributed by atoms with E-state index in [2.05, 4.69) is 20.5 Å². The second kappa shape index (κ2) is 5.00. The van der Waals surface area contributed by atoms with E-state index in [1.54, 1.807) is 0 Å². The highest BCUT2D eigenvalue weighted by Gasteiger charge is 2.31. The number of nitrogens with two attached hydrogens (primary N) is 1. The molecule has 1 aromatic heterocycles. The lowest BCUT2D eigenvalue weighted by atomic mass is 10.2. The summed E-state index contributed by atoms with van der Waals surface area (Å²) in [6, 6.07) is 2.57. The molecule has 2 rings (SSSR count). The fraction of sp³-hybridized carbons (Fsp3) is 0.100. The third-order valence-electron chi connectivity index (χ3n) is 2.26. The molecule has 0 unspecified atom stereocenters. The summed E-state index contributed by atoms with van der Waals surface area (Å²) >= 11 is 5.73. The number of nitrogens with one attached hydrogen (secondary N) is 2. The van der Waals surface area contributed by atoms with Gasteiger partial charge >= 0.3 is 6.18 Å². The Morgan fingerprint density at radius 3 is 2.65 bits per heavy atom. The minimum atomic E-state index is -4.54. The van der Waals surface area contributed by atoms with Crippen molar-refractivity contribution >= 4 is 29.1 Å². The normalized spacial score (nSPS) is 11.4. The number of H-pyrrole nitrogens is 1. The summed E-state index contributed by atoms with van der Waals surface area (Å²) in [4.78, 5) is 15.2. The molecule has 0 aliphatic carbocycles. The Hall–Kier alpha value is -2.29. The van der Waals surface area contributed by atoms with E-state index in [0.29, 0.717) is 0 Å². The Morgan fingerprint density at radius 2 is 2.10 bits per heavy atom. The Morgan fingerprint density at radius 1 is 1.40 bits per heavy atom. The van der Waals surface area contributed by atoms with E-state index in [4.69, 9.17) is 17.3 Å². The van der Waals surface area contributed by atoms with E-state index >= 15 is 0 Å². The highest BCUT2D eigenvalue weighted by atomic mass is 35.5. The maximum Gasteiger partial charge on any atom is 0.416 e. The molecule has 0 aliphatic rings. The third-order valence-corrected chi connectivity index (χ3v) is 2.59. The van der Waals surface area contributed by atoms with Crippen LogP contribution in [0.2, 0.25) is 5.02 Å². The van der Waals surface area contributed by atoms with Crippen molar-refractivity contribution in [1.82, 2.24) is 15.2 Å². The van der Waals surface area contributed by atoms with Gasteiger partial charge in [0.15, 0.2) is 0 Å². The first-order valence-electron chi connectivity index (χ1n) is 5.13. The molecular weight excluding hydrogens is 299 g/mol. The van der Waals surface area contributed by atoms with Crippen LogP contribution in [-0.2, 0) is 6.18 Å². The minimum Gasteiger partial charge on any atom is -0.366 e. The SMILES string of the molecule is Nc1n[nH]c(C(=O)Nc2cc(C(F)(F)F)ccc2Cl)n1. The first-order valence-corrected chi connectivity index (χ1v) is 5.51. The van der Waals surface area contributed by atoms with Crippen molar-refractivity contribution < 1.29 is 18.0 Å². The maximum atomic E-state index is 12.6. The van der Waals surface area contributed by atoms with Crippen LogP contribution >= 0.6 is 11.6 Å². The van der Waals surface area contributed by atoms with E-state index in [0.717, 1.165) is 18.2 Å². The number of nitrogens with zero attached hydrogens (tertiary/aromatic N) is 2. The van der Waals surface area contributed by atoms with Gasteiger partial charge in [-0.1, -0.05) is 11.6 Å². The number of aromatic amines is 1. The van der Waals surface area contributed by atoms with Crippen molar-refractivity contribution in [3.63, 3.8) is 0 Å². The Kier molecular flexibility index (Phi) is 3.53. The largest absolute Gasteiger partial charge is 0.416 e. The van der Waals surface area contributed by atoms with E-state index in [1.165, 1.54) is 0 Å². The predicted molar refractivity (Wildman–Crippen MR) is 65.2 cm³/mol. The molecule has 2 aromatic rings. The summed E-state index contributed by atoms with van der Waals surface area (Å²) in [5.74, 6) is -1.21. The van der Waals surface area contributed by atoms with Crippen molar-refractivity contribution in [2.24, 2.45) is 0 Å². The Balaban J connectivity index is 2.27. The van der Waals surface area contributed by atoms with Crippen molar-refractivity contribution in [1.29, 1.82) is 0 Å². The first kappa shape index (κ1) is 14.1. The Bertz CT molecular complexity index is 655. The van der Waals surface area contributed by atoms with Crippen LogP contribution in [0.3, 0.4) is 0 Å². The van der Waals surface area contributed by atoms with Crippen LogP contribution in [0.4, 0.5) is 24.8 Å². The number of carbonyl (C=O) groups excluding carboxylic acids is 1. The quantitative estimate of drug-likeness (QED) is 0.793. The summed E-state index contributed by atoms with van der Waals surface area (Å²) in [7, 11) is 0. The molecule has 10 heteroatoms. The molecule has 0 radical (unpaired) electrons. The number of hydrogen-bond donors (Lipinski definition) is 3. The molecule has 1 heterocycles. The topological polar surface area (TPSA) is 96.7 Å². The molecule has 4 N–H and O–H groups in total. The number of nitrogen functional groups attached to an aromatic ring is 1. The van der Waals surface area contributed by atoms with Gasteiger partial charge in [0.05, 0.1) is 16.3 Å². The third kappa shape index (κ3) is 2.99. The smallest absolute Gasteiger partial charge is 0.366 e. The lowest BCUT2D eigenvalue weighted by Gasteiger charge is -2.10. The van der Waals surface area contributed by atoms with Crippen LogP contribution in [-0.4, -0.2) is 21.1 Å². The molecule has 1 amide bonds. The monoisotopic (exact) mass is 305 g/mol. The predicted octanol–water partition coefficient (Wildman–Crippen LogP) is 2.31. The van der Waals surface area contributed by atoms with Crippen molar-refractivity contribution in [2.75, 3.05) is 11.1 Å². The number of anilines is 2. The van der Waals surface area contributed by atoms with Gasteiger partial charge in [-0.05, 0) is 18.2 Å². The molecule has 0 atom stereocenters. The number of aromatic nitrogens is 3. The molecule has 0 aliphatic heterocycles. The van der Waals surface area contributed by atoms with E-state index in [1.807, 2.05) is 0 Å². The van der Waals surface area contributed by atoms with Gasteiger partial charge < -0.3 is 11.1 Å². The number of halogens is 4. The molecule has 0 saturated heterocycles. The highest BCUT2D eigenvalue weighted by Crippen LogP contribution is 2.33. The zero-order valence-electron chi connectivity index (χ0n) is 9.62. The standard InChI is InChI=1S/C10H7ClF3N5O/c11-5-2-1-4(10(12,13)14)3-6(5)16-8(20)7-17-9(15)19-18-7/h1-3H,(H,16,20)(H3,15,17,18,19). The Labute approximate surface area is 115 Å². The van der Waals surface area contributed by atoms with E-state index in [-0.39, 0.29) is 22.5 Å². The van der Waals surface area contributed by atoms with Crippen molar-refractivity contribution in [2.45, 2.75) is 6.18 Å². The molecule has 20 heavy (non-hydrogen) atoms. The average molecular weight is 306 g/mol. The summed E-state index contributed by atoms with van der Waals surface area (Å²) < 4.78 is 37.7. The summed E-state index contributed by atoms with van der Waals surface area (Å²) in [5.41, 5.74) is 4.08. The first-order chi connectivity index (χ1) is 9.27. The van der Waals surface area contributed by atoms with Crippen LogP contribution in [0.1, 0.15) is 16.2 Å². The molecule has 1 aromatic carbocycles. The molecule has 0 fully saturated rings. The summed E-state index contributed by atoms with van der Waals surface area (Å²) in [6.45, 7) is 0. The van der Waals surface area contributed by atoms with Gasteiger partial charge in [0.2, 0.25) is 11.8 Å². The van der Waals surface area contributed by atoms with Crippen LogP contribution in [0.15, 0.2) is 18.2 Å². The second-order valence-corrected chi connectivity index (χ2v) is 4.10. The lowest BCUT2D eigenvalue weighted by Crippen LogP contribution is -2.15. The number of alkyl halides is 3. The van der Waals surface area contributed by atoms with Gasteiger partial charge in [0.25, 0.3) is 5.91 Å². The zero-order chi connectivity index (χ0) is 14.9. The second-order valence-electron chi connectivity index (χ2n) is 3.69. The molecular formula is C10H7ClF3N5O. The molecule has 0 saturated carbocycles. The fourth-order valence-electron chi connectivity index (χ4n) is 1.36. The number of carbonyl (C=O) groups is 1. The number of rotatable bonds is 2. The highest BCUT2D eigenvalue weighted by molar-refractivity contribution is 6.33. The van der Waals surface area contributed by atoms with E-state index in [9.17, 15) is 18.0 Å². The maximum absolute atomic E-state index is 12.6. The van der Waals surface area contributed by atoms with Crippen molar-refractivity contribution in [3.8, 4) is 0 Å². The molecule has 0 spiro atoms. The van der Waals surface area contributed by atoms with Gasteiger partial charge in [-0.3, -0.25) is 9.89 Å². The van der Waals surface area contributed by atoms with Crippen LogP contribution < -0.4 is 11.1 Å². The zero-order valence-corrected chi connectivity index (χ0v) is 10.4. The number of amides is 1. The molecule has 0 bridgehead atoms. The van der Waals surface area contributed by atoms with Crippen LogP contribution in [0, 0.1) is 0 Å². The fourth-order valence-corrected chi connectivity index (χ4v) is 1.52. The van der Waals surface area contributed by atoms with Gasteiger partial charge in [0.1, 0.15) is 0 Å². The number of hydrogen-bond acceptors (Lipinski definition) is 4. The van der Waals surface area contributed by atoms with Gasteiger partial charge in [0, 0.05) is 0 Å². The average Bonchev–Trinajstić information content (AvgIpc) is 2.77. The number of benzene rings is 1. The lowest BCUT2D eigenvalue weighted by molar-refractivity contribution is -0.137. The molecule has 106 valence electrons.